The zero-order valence-electron chi connectivity index (χ0n) is 9.72. The van der Waals surface area contributed by atoms with Crippen molar-refractivity contribution in [3.05, 3.63) is 28.0 Å². The molecule has 1 heterocycles. The molecule has 17 heavy (non-hydrogen) atoms. The van der Waals surface area contributed by atoms with Crippen molar-refractivity contribution in [1.82, 2.24) is 5.32 Å². The Morgan fingerprint density at radius 2 is 2.41 bits per heavy atom. The lowest BCUT2D eigenvalue weighted by Crippen LogP contribution is -2.26. The average molecular weight is 240 g/mol. The van der Waals surface area contributed by atoms with E-state index in [0.29, 0.717) is 24.5 Å². The first-order valence-corrected chi connectivity index (χ1v) is 5.68. The summed E-state index contributed by atoms with van der Waals surface area (Å²) in [5.41, 5.74) is 0. The zero-order chi connectivity index (χ0) is 12.3. The molecule has 1 aliphatic carbocycles. The molecule has 0 saturated heterocycles. The highest BCUT2D eigenvalue weighted by Crippen LogP contribution is 2.22. The molecule has 0 aliphatic heterocycles. The second-order valence-corrected chi connectivity index (χ2v) is 4.25. The highest BCUT2D eigenvalue weighted by Gasteiger charge is 2.24. The van der Waals surface area contributed by atoms with Gasteiger partial charge in [0.05, 0.1) is 18.7 Å². The minimum absolute atomic E-state index is 0.206. The van der Waals surface area contributed by atoms with Gasteiger partial charge in [0, 0.05) is 13.2 Å². The quantitative estimate of drug-likeness (QED) is 0.627. The van der Waals surface area contributed by atoms with E-state index in [4.69, 9.17) is 9.15 Å². The molecule has 6 heteroatoms. The largest absolute Gasteiger partial charge is 0.433 e. The predicted molar refractivity (Wildman–Crippen MR) is 60.6 cm³/mol. The summed E-state index contributed by atoms with van der Waals surface area (Å²) >= 11 is 0. The Bertz CT molecular complexity index is 391. The van der Waals surface area contributed by atoms with Gasteiger partial charge in [-0.25, -0.2) is 0 Å². The minimum Gasteiger partial charge on any atom is -0.404 e. The molecule has 1 saturated carbocycles. The van der Waals surface area contributed by atoms with Gasteiger partial charge in [-0.1, -0.05) is 0 Å². The van der Waals surface area contributed by atoms with E-state index in [2.05, 4.69) is 5.32 Å². The third kappa shape index (κ3) is 3.04. The monoisotopic (exact) mass is 240 g/mol. The van der Waals surface area contributed by atoms with Gasteiger partial charge in [0.2, 0.25) is 0 Å². The van der Waals surface area contributed by atoms with Crippen molar-refractivity contribution in [3.8, 4) is 0 Å². The lowest BCUT2D eigenvalue weighted by molar-refractivity contribution is -0.402. The Hall–Kier alpha value is -1.40. The van der Waals surface area contributed by atoms with Crippen molar-refractivity contribution < 1.29 is 14.1 Å². The molecule has 94 valence electrons. The molecular formula is C11H16N2O4. The van der Waals surface area contributed by atoms with E-state index >= 15 is 0 Å². The zero-order valence-corrected chi connectivity index (χ0v) is 9.72. The van der Waals surface area contributed by atoms with E-state index in [-0.39, 0.29) is 5.88 Å². The number of hydrogen-bond acceptors (Lipinski definition) is 5. The number of nitrogens with zero attached hydrogens (tertiary/aromatic N) is 1. The number of nitrogens with one attached hydrogen (secondary N) is 1. The van der Waals surface area contributed by atoms with Crippen molar-refractivity contribution in [2.45, 2.75) is 38.0 Å². The van der Waals surface area contributed by atoms with Crippen LogP contribution in [0.25, 0.3) is 0 Å². The van der Waals surface area contributed by atoms with E-state index in [9.17, 15) is 10.1 Å². The fourth-order valence-electron chi connectivity index (χ4n) is 2.14. The predicted octanol–water partition coefficient (Wildman–Crippen LogP) is 1.84. The SMILES string of the molecule is COC1CCC(NCc2ccc([N+](=O)[O-])o2)C1. The second kappa shape index (κ2) is 5.29. The van der Waals surface area contributed by atoms with Gasteiger partial charge in [0.25, 0.3) is 0 Å². The van der Waals surface area contributed by atoms with E-state index in [1.807, 2.05) is 0 Å². The van der Waals surface area contributed by atoms with Crippen molar-refractivity contribution in [1.29, 1.82) is 0 Å². The van der Waals surface area contributed by atoms with Crippen LogP contribution in [0.4, 0.5) is 5.88 Å². The molecule has 0 aromatic carbocycles. The van der Waals surface area contributed by atoms with Crippen LogP contribution in [0.5, 0.6) is 0 Å². The Kier molecular flexibility index (Phi) is 3.75. The van der Waals surface area contributed by atoms with Gasteiger partial charge in [0.1, 0.15) is 10.7 Å². The van der Waals surface area contributed by atoms with Crippen LogP contribution < -0.4 is 5.32 Å². The third-order valence-corrected chi connectivity index (χ3v) is 3.11. The van der Waals surface area contributed by atoms with Gasteiger partial charge in [-0.2, -0.15) is 0 Å². The summed E-state index contributed by atoms with van der Waals surface area (Å²) in [6, 6.07) is 3.42. The number of methoxy groups -OCH3 is 1. The Balaban J connectivity index is 1.80. The first-order chi connectivity index (χ1) is 8.19. The fraction of sp³-hybridized carbons (Fsp3) is 0.636. The normalized spacial score (nSPS) is 24.1. The molecule has 6 nitrogen and oxygen atoms in total. The van der Waals surface area contributed by atoms with Gasteiger partial charge in [-0.05, 0) is 25.3 Å². The molecule has 1 fully saturated rings. The first kappa shape index (κ1) is 12.1. The lowest BCUT2D eigenvalue weighted by atomic mass is 10.2. The topological polar surface area (TPSA) is 77.5 Å². The minimum atomic E-state index is -0.528. The Morgan fingerprint density at radius 3 is 3.00 bits per heavy atom. The third-order valence-electron chi connectivity index (χ3n) is 3.11. The second-order valence-electron chi connectivity index (χ2n) is 4.25. The molecule has 2 atom stereocenters. The van der Waals surface area contributed by atoms with E-state index in [1.54, 1.807) is 13.2 Å². The highest BCUT2D eigenvalue weighted by atomic mass is 16.6. The van der Waals surface area contributed by atoms with Crippen LogP contribution in [-0.2, 0) is 11.3 Å². The molecule has 2 rings (SSSR count). The van der Waals surface area contributed by atoms with Gasteiger partial charge in [0.15, 0.2) is 0 Å². The summed E-state index contributed by atoms with van der Waals surface area (Å²) in [5, 5.41) is 13.7. The van der Waals surface area contributed by atoms with Crippen LogP contribution in [0.3, 0.4) is 0 Å². The number of rotatable bonds is 5. The molecule has 1 N–H and O–H groups in total. The standard InChI is InChI=1S/C11H16N2O4/c1-16-9-3-2-8(6-9)12-7-10-4-5-11(17-10)13(14)15/h4-5,8-9,12H,2-3,6-7H2,1H3. The smallest absolute Gasteiger partial charge is 0.404 e. The first-order valence-electron chi connectivity index (χ1n) is 5.68. The summed E-state index contributed by atoms with van der Waals surface area (Å²) in [5.74, 6) is 0.389. The van der Waals surface area contributed by atoms with Crippen LogP contribution in [0, 0.1) is 10.1 Å². The maximum atomic E-state index is 10.4. The van der Waals surface area contributed by atoms with E-state index in [0.717, 1.165) is 19.3 Å². The summed E-state index contributed by atoms with van der Waals surface area (Å²) in [4.78, 5) is 9.90. The highest BCUT2D eigenvalue weighted by molar-refractivity contribution is 5.17. The van der Waals surface area contributed by atoms with Crippen LogP contribution in [0.2, 0.25) is 0 Å². The van der Waals surface area contributed by atoms with Gasteiger partial charge in [-0.15, -0.1) is 0 Å². The molecule has 0 radical (unpaired) electrons. The van der Waals surface area contributed by atoms with Crippen LogP contribution in [0.15, 0.2) is 16.5 Å². The molecule has 1 aromatic rings. The number of ether oxygens (including phenoxy) is 1. The van der Waals surface area contributed by atoms with Crippen molar-refractivity contribution in [3.63, 3.8) is 0 Å². The average Bonchev–Trinajstić information content (AvgIpc) is 2.95. The number of hydrogen-bond donors (Lipinski definition) is 1. The van der Waals surface area contributed by atoms with Gasteiger partial charge >= 0.3 is 5.88 Å². The molecule has 0 bridgehead atoms. The van der Waals surface area contributed by atoms with E-state index < -0.39 is 4.92 Å². The summed E-state index contributed by atoms with van der Waals surface area (Å²) < 4.78 is 10.3. The maximum absolute atomic E-state index is 10.4. The van der Waals surface area contributed by atoms with Crippen molar-refractivity contribution in [2.75, 3.05) is 7.11 Å². The molecule has 2 unspecified atom stereocenters. The summed E-state index contributed by atoms with van der Waals surface area (Å²) in [6.45, 7) is 0.523. The summed E-state index contributed by atoms with van der Waals surface area (Å²) in [6.07, 6.45) is 3.45. The van der Waals surface area contributed by atoms with Crippen molar-refractivity contribution in [2.24, 2.45) is 0 Å². The van der Waals surface area contributed by atoms with Crippen LogP contribution in [-0.4, -0.2) is 24.2 Å². The molecule has 1 aromatic heterocycles. The maximum Gasteiger partial charge on any atom is 0.433 e. The van der Waals surface area contributed by atoms with Crippen molar-refractivity contribution >= 4 is 5.88 Å². The van der Waals surface area contributed by atoms with Crippen LogP contribution >= 0.6 is 0 Å². The molecular weight excluding hydrogens is 224 g/mol. The van der Waals surface area contributed by atoms with E-state index in [1.165, 1.54) is 6.07 Å². The van der Waals surface area contributed by atoms with Gasteiger partial charge in [-0.3, -0.25) is 10.1 Å². The fourth-order valence-corrected chi connectivity index (χ4v) is 2.14. The summed E-state index contributed by atoms with van der Waals surface area (Å²) in [7, 11) is 1.73. The Labute approximate surface area is 99.1 Å². The molecule has 0 amide bonds. The Morgan fingerprint density at radius 1 is 1.59 bits per heavy atom. The molecule has 1 aliphatic rings. The van der Waals surface area contributed by atoms with Crippen LogP contribution in [0.1, 0.15) is 25.0 Å². The lowest BCUT2D eigenvalue weighted by Gasteiger charge is -2.11. The number of nitro groups is 1. The van der Waals surface area contributed by atoms with Gasteiger partial charge < -0.3 is 14.5 Å². The molecule has 0 spiro atoms. The number of furan rings is 1.